The van der Waals surface area contributed by atoms with Crippen molar-refractivity contribution in [3.8, 4) is 0 Å². The van der Waals surface area contributed by atoms with Gasteiger partial charge in [0.1, 0.15) is 0 Å². The third kappa shape index (κ3) is 24.5. The van der Waals surface area contributed by atoms with E-state index in [-0.39, 0.29) is 18.9 Å². The molecule has 0 amide bonds. The zero-order chi connectivity index (χ0) is 10.1. The second-order valence-electron chi connectivity index (χ2n) is 1.17. The van der Waals surface area contributed by atoms with Crippen LogP contribution in [0, 0.1) is 0 Å². The van der Waals surface area contributed by atoms with Gasteiger partial charge in [0.25, 0.3) is 0 Å². The predicted octanol–water partition coefficient (Wildman–Crippen LogP) is -5.87. The molecule has 3 N–H and O–H groups in total. The van der Waals surface area contributed by atoms with Crippen molar-refractivity contribution < 1.29 is 53.4 Å². The maximum absolute atomic E-state index is 9.84. The Labute approximate surface area is 90.6 Å². The van der Waals surface area contributed by atoms with E-state index in [1.54, 1.807) is 0 Å². The van der Waals surface area contributed by atoms with Gasteiger partial charge in [0.05, 0.1) is 0 Å². The van der Waals surface area contributed by atoms with Crippen LogP contribution in [0.25, 0.3) is 0 Å². The molecule has 0 aromatic heterocycles. The number of alkyl halides is 1. The SMILES string of the molecule is O=C(O)C(=O)OCCl.[Li+].[O-]B(O)O. The van der Waals surface area contributed by atoms with Crippen molar-refractivity contribution in [3.63, 3.8) is 0 Å². The maximum atomic E-state index is 9.84. The molecule has 13 heavy (non-hydrogen) atoms. The fourth-order valence-corrected chi connectivity index (χ4v) is 0.210. The smallest absolute Gasteiger partial charge is 0.832 e. The van der Waals surface area contributed by atoms with E-state index in [1.165, 1.54) is 0 Å². The van der Waals surface area contributed by atoms with Gasteiger partial charge in [0.15, 0.2) is 6.07 Å². The molecule has 0 bridgehead atoms. The molecule has 0 aromatic rings. The van der Waals surface area contributed by atoms with Crippen LogP contribution in [0.2, 0.25) is 0 Å². The predicted molar refractivity (Wildman–Crippen MR) is 34.6 cm³/mol. The van der Waals surface area contributed by atoms with Gasteiger partial charge in [-0.15, -0.1) is 0 Å². The normalized spacial score (nSPS) is 7.08. The number of aliphatic carboxylic acids is 1. The average Bonchev–Trinajstić information content (AvgIpc) is 1.86. The fraction of sp³-hybridized carbons (Fsp3) is 0.333. The Hall–Kier alpha value is -0.228. The molecule has 0 rings (SSSR count). The van der Waals surface area contributed by atoms with Crippen LogP contribution >= 0.6 is 11.6 Å². The van der Waals surface area contributed by atoms with Crippen LogP contribution in [0.15, 0.2) is 0 Å². The summed E-state index contributed by atoms with van der Waals surface area (Å²) in [7, 11) is -2.42. The van der Waals surface area contributed by atoms with Gasteiger partial charge in [0.2, 0.25) is 0 Å². The number of esters is 1. The number of ether oxygens (including phenoxy) is 1. The van der Waals surface area contributed by atoms with Crippen LogP contribution in [0.1, 0.15) is 0 Å². The Morgan fingerprint density at radius 1 is 1.46 bits per heavy atom. The van der Waals surface area contributed by atoms with Crippen LogP contribution < -0.4 is 23.9 Å². The topological polar surface area (TPSA) is 127 Å². The summed E-state index contributed by atoms with van der Waals surface area (Å²) >= 11 is 4.83. The van der Waals surface area contributed by atoms with Crippen molar-refractivity contribution in [2.24, 2.45) is 0 Å². The molecule has 0 saturated carbocycles. The Bertz CT molecular complexity index is 150. The molecule has 0 aromatic carbocycles. The molecule has 7 nitrogen and oxygen atoms in total. The molecule has 0 atom stereocenters. The van der Waals surface area contributed by atoms with Crippen LogP contribution in [0.3, 0.4) is 0 Å². The van der Waals surface area contributed by atoms with E-state index in [0.717, 1.165) is 0 Å². The Kier molecular flexibility index (Phi) is 16.8. The number of hydrogen-bond acceptors (Lipinski definition) is 6. The molecule has 0 saturated heterocycles. The molecule has 0 radical (unpaired) electrons. The monoisotopic (exact) mass is 206 g/mol. The molecule has 70 valence electrons. The van der Waals surface area contributed by atoms with Gasteiger partial charge in [-0.05, 0) is 0 Å². The molecule has 10 heteroatoms. The standard InChI is InChI=1S/C3H3ClO4.BH2O3.Li/c4-1-8-3(7)2(5)6;2-1(3)4;/h1H2,(H,5,6);2-3H;/q;-1;+1. The Morgan fingerprint density at radius 3 is 1.85 bits per heavy atom. The number of halogens is 1. The van der Waals surface area contributed by atoms with E-state index in [4.69, 9.17) is 31.8 Å². The summed E-state index contributed by atoms with van der Waals surface area (Å²) in [6.45, 7) is 0. The van der Waals surface area contributed by atoms with Crippen molar-refractivity contribution in [1.82, 2.24) is 0 Å². The van der Waals surface area contributed by atoms with E-state index in [2.05, 4.69) is 4.74 Å². The number of carboxylic acids is 1. The summed E-state index contributed by atoms with van der Waals surface area (Å²) in [5.74, 6) is -2.97. The first kappa shape index (κ1) is 18.5. The number of carboxylic acid groups (broad SMARTS) is 1. The summed E-state index contributed by atoms with van der Waals surface area (Å²) in [6.07, 6.45) is 0. The third-order valence-corrected chi connectivity index (χ3v) is 0.469. The minimum Gasteiger partial charge on any atom is -0.832 e. The van der Waals surface area contributed by atoms with E-state index >= 15 is 0 Å². The molecule has 0 unspecified atom stereocenters. The molecule has 0 aliphatic rings. The second-order valence-corrected chi connectivity index (χ2v) is 1.39. The van der Waals surface area contributed by atoms with Crippen molar-refractivity contribution in [1.29, 1.82) is 0 Å². The first-order valence-electron chi connectivity index (χ1n) is 2.39. The van der Waals surface area contributed by atoms with E-state index < -0.39 is 25.3 Å². The van der Waals surface area contributed by atoms with Crippen LogP contribution in [-0.2, 0) is 14.3 Å². The second kappa shape index (κ2) is 11.8. The molecule has 0 aliphatic carbocycles. The van der Waals surface area contributed by atoms with E-state index in [9.17, 15) is 9.59 Å². The quantitative estimate of drug-likeness (QED) is 0.169. The van der Waals surface area contributed by atoms with Gasteiger partial charge < -0.3 is 24.9 Å². The number of rotatable bonds is 1. The largest absolute Gasteiger partial charge is 1.00 e. The number of carbonyl (C=O) groups excluding carboxylic acids is 1. The molecule has 0 aliphatic heterocycles. The fourth-order valence-electron chi connectivity index (χ4n) is 0.111. The summed E-state index contributed by atoms with van der Waals surface area (Å²) < 4.78 is 3.83. The van der Waals surface area contributed by atoms with Crippen molar-refractivity contribution >= 4 is 30.9 Å². The van der Waals surface area contributed by atoms with Gasteiger partial charge in [-0.2, -0.15) is 0 Å². The van der Waals surface area contributed by atoms with Gasteiger partial charge in [-0.1, -0.05) is 11.6 Å². The van der Waals surface area contributed by atoms with Crippen LogP contribution in [-0.4, -0.2) is 40.5 Å². The van der Waals surface area contributed by atoms with E-state index in [1.807, 2.05) is 0 Å². The number of carbonyl (C=O) groups is 2. The van der Waals surface area contributed by atoms with Crippen LogP contribution in [0.4, 0.5) is 0 Å². The molecular weight excluding hydrogens is 201 g/mol. The minimum atomic E-state index is -2.42. The first-order chi connectivity index (χ1) is 5.41. The molecule has 0 fully saturated rings. The average molecular weight is 206 g/mol. The summed E-state index contributed by atoms with van der Waals surface area (Å²) in [5, 5.41) is 30.5. The van der Waals surface area contributed by atoms with Crippen molar-refractivity contribution in [2.45, 2.75) is 0 Å². The zero-order valence-corrected chi connectivity index (χ0v) is 7.39. The van der Waals surface area contributed by atoms with Crippen LogP contribution in [0.5, 0.6) is 0 Å². The van der Waals surface area contributed by atoms with Gasteiger partial charge in [-0.25, -0.2) is 9.59 Å². The summed E-state index contributed by atoms with van der Waals surface area (Å²) in [5.41, 5.74) is 0. The van der Waals surface area contributed by atoms with Crippen molar-refractivity contribution in [2.75, 3.05) is 6.07 Å². The summed E-state index contributed by atoms with van der Waals surface area (Å²) in [4.78, 5) is 19.4. The summed E-state index contributed by atoms with van der Waals surface area (Å²) in [6, 6.07) is -0.425. The number of hydrogen-bond donors (Lipinski definition) is 3. The maximum Gasteiger partial charge on any atom is 1.00 e. The van der Waals surface area contributed by atoms with E-state index in [0.29, 0.717) is 0 Å². The Balaban J connectivity index is -0.000000173. The third-order valence-electron chi connectivity index (χ3n) is 0.360. The first-order valence-corrected chi connectivity index (χ1v) is 2.93. The molecular formula is C3H5BClLiO7. The van der Waals surface area contributed by atoms with Gasteiger partial charge >= 0.3 is 38.1 Å². The molecule has 0 heterocycles. The molecule has 0 spiro atoms. The van der Waals surface area contributed by atoms with Crippen molar-refractivity contribution in [3.05, 3.63) is 0 Å². The van der Waals surface area contributed by atoms with Gasteiger partial charge in [-0.3, -0.25) is 0 Å². The minimum absolute atomic E-state index is 0. The zero-order valence-electron chi connectivity index (χ0n) is 6.64. The Morgan fingerprint density at radius 2 is 1.77 bits per heavy atom. The van der Waals surface area contributed by atoms with Gasteiger partial charge in [0, 0.05) is 0 Å².